The Morgan fingerprint density at radius 2 is 2.27 bits per heavy atom. The van der Waals surface area contributed by atoms with E-state index in [9.17, 15) is 0 Å². The van der Waals surface area contributed by atoms with E-state index in [0.29, 0.717) is 16.7 Å². The normalized spacial score (nSPS) is 10.6. The zero-order valence-electron chi connectivity index (χ0n) is 7.91. The number of aryl methyl sites for hydroxylation is 1. The molecule has 0 aliphatic heterocycles. The summed E-state index contributed by atoms with van der Waals surface area (Å²) in [5, 5.41) is 4.46. The summed E-state index contributed by atoms with van der Waals surface area (Å²) in [4.78, 5) is 4.20. The standard InChI is InChI=1S/C9H8BrClN4/c1-5-2-8(13-3-6(5)10)15-4-7(11)9(12)14-15/h2-4H,1H3,(H2,12,14). The van der Waals surface area contributed by atoms with Crippen LogP contribution >= 0.6 is 27.5 Å². The van der Waals surface area contributed by atoms with Crippen molar-refractivity contribution >= 4 is 33.3 Å². The molecule has 2 rings (SSSR count). The Kier molecular flexibility index (Phi) is 2.67. The average Bonchev–Trinajstić information content (AvgIpc) is 2.52. The van der Waals surface area contributed by atoms with Crippen molar-refractivity contribution in [1.82, 2.24) is 14.8 Å². The summed E-state index contributed by atoms with van der Waals surface area (Å²) in [5.74, 6) is 0.994. The summed E-state index contributed by atoms with van der Waals surface area (Å²) >= 11 is 9.18. The molecule has 78 valence electrons. The molecular weight excluding hydrogens is 279 g/mol. The van der Waals surface area contributed by atoms with Crippen LogP contribution in [0.15, 0.2) is 22.9 Å². The number of anilines is 1. The minimum absolute atomic E-state index is 0.305. The molecule has 2 aromatic heterocycles. The van der Waals surface area contributed by atoms with Crippen LogP contribution in [0, 0.1) is 6.92 Å². The number of hydrogen-bond acceptors (Lipinski definition) is 3. The van der Waals surface area contributed by atoms with Crippen LogP contribution in [0.3, 0.4) is 0 Å². The summed E-state index contributed by atoms with van der Waals surface area (Å²) in [7, 11) is 0. The molecule has 0 aliphatic rings. The van der Waals surface area contributed by atoms with Gasteiger partial charge in [0.2, 0.25) is 0 Å². The van der Waals surface area contributed by atoms with Gasteiger partial charge in [-0.15, -0.1) is 5.10 Å². The predicted molar refractivity (Wildman–Crippen MR) is 63.2 cm³/mol. The number of hydrogen-bond donors (Lipinski definition) is 1. The Labute approximate surface area is 100 Å². The van der Waals surface area contributed by atoms with E-state index in [1.165, 1.54) is 0 Å². The van der Waals surface area contributed by atoms with Crippen LogP contribution in [0.5, 0.6) is 0 Å². The van der Waals surface area contributed by atoms with E-state index in [4.69, 9.17) is 17.3 Å². The lowest BCUT2D eigenvalue weighted by Crippen LogP contribution is -1.99. The molecule has 0 aromatic carbocycles. The van der Waals surface area contributed by atoms with Gasteiger partial charge in [-0.25, -0.2) is 9.67 Å². The lowest BCUT2D eigenvalue weighted by molar-refractivity contribution is 0.848. The monoisotopic (exact) mass is 286 g/mol. The lowest BCUT2D eigenvalue weighted by atomic mass is 10.3. The topological polar surface area (TPSA) is 56.7 Å². The minimum Gasteiger partial charge on any atom is -0.381 e. The Balaban J connectivity index is 2.49. The van der Waals surface area contributed by atoms with Crippen molar-refractivity contribution in [2.75, 3.05) is 5.73 Å². The number of aromatic nitrogens is 3. The van der Waals surface area contributed by atoms with Gasteiger partial charge in [-0.2, -0.15) is 0 Å². The Morgan fingerprint density at radius 1 is 1.53 bits per heavy atom. The molecule has 15 heavy (non-hydrogen) atoms. The summed E-state index contributed by atoms with van der Waals surface area (Å²) in [6, 6.07) is 1.90. The van der Waals surface area contributed by atoms with Gasteiger partial charge in [-0.05, 0) is 34.5 Å². The Hall–Kier alpha value is -1.07. The van der Waals surface area contributed by atoms with Crippen LogP contribution in [0.25, 0.3) is 5.82 Å². The fourth-order valence-electron chi connectivity index (χ4n) is 1.13. The second-order valence-corrected chi connectivity index (χ2v) is 4.36. The highest BCUT2D eigenvalue weighted by molar-refractivity contribution is 9.10. The first-order chi connectivity index (χ1) is 7.08. The van der Waals surface area contributed by atoms with Crippen molar-refractivity contribution in [1.29, 1.82) is 0 Å². The zero-order chi connectivity index (χ0) is 11.0. The molecule has 0 saturated carbocycles. The quantitative estimate of drug-likeness (QED) is 0.877. The third kappa shape index (κ3) is 1.98. The molecule has 0 aliphatic carbocycles. The molecule has 2 N–H and O–H groups in total. The minimum atomic E-state index is 0.305. The van der Waals surface area contributed by atoms with E-state index in [1.54, 1.807) is 17.1 Å². The molecule has 0 saturated heterocycles. The van der Waals surface area contributed by atoms with Gasteiger partial charge in [0.05, 0.1) is 6.20 Å². The maximum absolute atomic E-state index is 5.80. The van der Waals surface area contributed by atoms with E-state index >= 15 is 0 Å². The summed E-state index contributed by atoms with van der Waals surface area (Å²) in [5.41, 5.74) is 6.62. The largest absolute Gasteiger partial charge is 0.381 e. The van der Waals surface area contributed by atoms with E-state index in [1.807, 2.05) is 13.0 Å². The first kappa shape index (κ1) is 10.4. The van der Waals surface area contributed by atoms with Crippen LogP contribution in [0.1, 0.15) is 5.56 Å². The van der Waals surface area contributed by atoms with E-state index in [-0.39, 0.29) is 0 Å². The number of pyridine rings is 1. The summed E-state index contributed by atoms with van der Waals surface area (Å²) < 4.78 is 2.51. The number of nitrogens with zero attached hydrogens (tertiary/aromatic N) is 3. The van der Waals surface area contributed by atoms with Crippen LogP contribution in [-0.2, 0) is 0 Å². The first-order valence-electron chi connectivity index (χ1n) is 4.21. The highest BCUT2D eigenvalue weighted by atomic mass is 79.9. The summed E-state index contributed by atoms with van der Waals surface area (Å²) in [6.45, 7) is 1.98. The third-order valence-corrected chi connectivity index (χ3v) is 3.08. The van der Waals surface area contributed by atoms with Gasteiger partial charge in [0, 0.05) is 10.7 Å². The van der Waals surface area contributed by atoms with Crippen molar-refractivity contribution in [2.45, 2.75) is 6.92 Å². The van der Waals surface area contributed by atoms with Gasteiger partial charge in [0.1, 0.15) is 5.02 Å². The molecule has 6 heteroatoms. The van der Waals surface area contributed by atoms with Crippen LogP contribution in [-0.4, -0.2) is 14.8 Å². The van der Waals surface area contributed by atoms with E-state index in [0.717, 1.165) is 10.0 Å². The Morgan fingerprint density at radius 3 is 2.80 bits per heavy atom. The highest BCUT2D eigenvalue weighted by Gasteiger charge is 2.06. The molecule has 4 nitrogen and oxygen atoms in total. The number of rotatable bonds is 1. The fourth-order valence-corrected chi connectivity index (χ4v) is 1.48. The molecule has 0 fully saturated rings. The smallest absolute Gasteiger partial charge is 0.164 e. The van der Waals surface area contributed by atoms with Crippen molar-refractivity contribution < 1.29 is 0 Å². The third-order valence-electron chi connectivity index (χ3n) is 1.96. The average molecular weight is 288 g/mol. The van der Waals surface area contributed by atoms with Gasteiger partial charge in [0.15, 0.2) is 11.6 Å². The van der Waals surface area contributed by atoms with Gasteiger partial charge in [-0.1, -0.05) is 11.6 Å². The van der Waals surface area contributed by atoms with Gasteiger partial charge >= 0.3 is 0 Å². The van der Waals surface area contributed by atoms with Crippen molar-refractivity contribution in [3.63, 3.8) is 0 Å². The van der Waals surface area contributed by atoms with Gasteiger partial charge in [-0.3, -0.25) is 0 Å². The maximum atomic E-state index is 5.80. The molecule has 0 atom stereocenters. The summed E-state index contributed by atoms with van der Waals surface area (Å²) in [6.07, 6.45) is 3.35. The Bertz CT molecular complexity index is 489. The fraction of sp³-hybridized carbons (Fsp3) is 0.111. The molecule has 0 bridgehead atoms. The lowest BCUT2D eigenvalue weighted by Gasteiger charge is -2.02. The molecule has 0 amide bonds. The van der Waals surface area contributed by atoms with E-state index in [2.05, 4.69) is 26.0 Å². The van der Waals surface area contributed by atoms with E-state index < -0.39 is 0 Å². The van der Waals surface area contributed by atoms with Gasteiger partial charge in [0.25, 0.3) is 0 Å². The van der Waals surface area contributed by atoms with Crippen molar-refractivity contribution in [3.05, 3.63) is 33.5 Å². The zero-order valence-corrected chi connectivity index (χ0v) is 10.2. The van der Waals surface area contributed by atoms with Gasteiger partial charge < -0.3 is 5.73 Å². The van der Waals surface area contributed by atoms with Crippen LogP contribution in [0.4, 0.5) is 5.82 Å². The van der Waals surface area contributed by atoms with Crippen LogP contribution < -0.4 is 5.73 Å². The molecular formula is C9H8BrClN4. The van der Waals surface area contributed by atoms with Crippen molar-refractivity contribution in [2.24, 2.45) is 0 Å². The second-order valence-electron chi connectivity index (χ2n) is 3.10. The van der Waals surface area contributed by atoms with Crippen LogP contribution in [0.2, 0.25) is 5.02 Å². The molecule has 2 aromatic rings. The predicted octanol–water partition coefficient (Wildman–Crippen LogP) is 2.57. The number of nitrogen functional groups attached to an aromatic ring is 1. The first-order valence-corrected chi connectivity index (χ1v) is 5.38. The highest BCUT2D eigenvalue weighted by Crippen LogP contribution is 2.20. The number of halogens is 2. The SMILES string of the molecule is Cc1cc(-n2cc(Cl)c(N)n2)ncc1Br. The number of nitrogens with two attached hydrogens (primary N) is 1. The van der Waals surface area contributed by atoms with Crippen molar-refractivity contribution in [3.8, 4) is 5.82 Å². The second kappa shape index (κ2) is 3.83. The molecule has 2 heterocycles. The molecule has 0 unspecified atom stereocenters. The molecule has 0 spiro atoms. The maximum Gasteiger partial charge on any atom is 0.164 e. The molecule has 0 radical (unpaired) electrons.